The number of ether oxygens (including phenoxy) is 1. The molecule has 1 N–H and O–H groups in total. The lowest BCUT2D eigenvalue weighted by Gasteiger charge is -2.31. The molecule has 174 valence electrons. The normalized spacial score (nSPS) is 15.0. The predicted molar refractivity (Wildman–Crippen MR) is 111 cm³/mol. The number of hydrogen-bond acceptors (Lipinski definition) is 7. The minimum absolute atomic E-state index is 0.00606. The number of anilines is 2. The van der Waals surface area contributed by atoms with E-state index >= 15 is 0 Å². The van der Waals surface area contributed by atoms with Crippen molar-refractivity contribution in [3.05, 3.63) is 47.8 Å². The summed E-state index contributed by atoms with van der Waals surface area (Å²) in [5.74, 6) is -2.18. The lowest BCUT2D eigenvalue weighted by atomic mass is 9.97. The molecule has 1 aliphatic rings. The summed E-state index contributed by atoms with van der Waals surface area (Å²) in [6.45, 7) is 2.34. The second-order valence-electron chi connectivity index (χ2n) is 7.77. The van der Waals surface area contributed by atoms with E-state index in [9.17, 15) is 22.8 Å². The first-order valence-corrected chi connectivity index (χ1v) is 10.3. The maximum Gasteiger partial charge on any atom is 0.453 e. The Morgan fingerprint density at radius 1 is 1.09 bits per heavy atom. The van der Waals surface area contributed by atoms with Crippen molar-refractivity contribution in [1.82, 2.24) is 19.8 Å². The fourth-order valence-corrected chi connectivity index (χ4v) is 3.56. The molecule has 2 aromatic heterocycles. The van der Waals surface area contributed by atoms with Crippen LogP contribution in [0.2, 0.25) is 0 Å². The Bertz CT molecular complexity index is 1150. The number of amides is 1. The molecule has 0 saturated carbocycles. The number of esters is 1. The lowest BCUT2D eigenvalue weighted by molar-refractivity contribution is -0.152. The molecule has 0 atom stereocenters. The number of halogens is 3. The number of carbonyl (C=O) groups is 2. The van der Waals surface area contributed by atoms with Gasteiger partial charge in [-0.15, -0.1) is 15.3 Å². The molecule has 1 fully saturated rings. The summed E-state index contributed by atoms with van der Waals surface area (Å²) in [5, 5.41) is 13.3. The molecule has 0 bridgehead atoms. The van der Waals surface area contributed by atoms with Gasteiger partial charge in [-0.25, -0.2) is 0 Å². The van der Waals surface area contributed by atoms with E-state index in [1.165, 1.54) is 6.07 Å². The molecular formula is C21H21F3N6O3. The van der Waals surface area contributed by atoms with Crippen molar-refractivity contribution >= 4 is 29.0 Å². The number of alkyl halides is 3. The van der Waals surface area contributed by atoms with E-state index in [1.807, 2.05) is 19.1 Å². The highest BCUT2D eigenvalue weighted by molar-refractivity contribution is 5.92. The van der Waals surface area contributed by atoms with Crippen molar-refractivity contribution in [2.75, 3.05) is 29.9 Å². The van der Waals surface area contributed by atoms with Crippen molar-refractivity contribution in [2.45, 2.75) is 25.9 Å². The molecule has 1 amide bonds. The van der Waals surface area contributed by atoms with Gasteiger partial charge in [-0.3, -0.25) is 9.59 Å². The van der Waals surface area contributed by atoms with Crippen LogP contribution in [-0.2, 0) is 20.5 Å². The van der Waals surface area contributed by atoms with Gasteiger partial charge in [0.2, 0.25) is 0 Å². The van der Waals surface area contributed by atoms with Crippen molar-refractivity contribution in [1.29, 1.82) is 0 Å². The molecule has 1 saturated heterocycles. The highest BCUT2D eigenvalue weighted by Gasteiger charge is 2.38. The van der Waals surface area contributed by atoms with E-state index in [1.54, 1.807) is 23.1 Å². The van der Waals surface area contributed by atoms with Crippen LogP contribution < -0.4 is 10.2 Å². The first kappa shape index (κ1) is 22.5. The van der Waals surface area contributed by atoms with Crippen LogP contribution >= 0.6 is 0 Å². The van der Waals surface area contributed by atoms with Crippen molar-refractivity contribution in [3.63, 3.8) is 0 Å². The summed E-state index contributed by atoms with van der Waals surface area (Å²) >= 11 is 0. The van der Waals surface area contributed by atoms with Gasteiger partial charge in [-0.2, -0.15) is 17.7 Å². The standard InChI is InChI=1S/C21H21F3N6O3/c1-13-2-4-15(5-3-13)25-18(31)12-33-19(32)14-8-10-29(11-9-14)17-7-6-16-26-27-20(21(22,23)24)30(16)28-17/h2-7,14H,8-12H2,1H3,(H,25,31). The molecule has 9 nitrogen and oxygen atoms in total. The Hall–Kier alpha value is -3.70. The zero-order chi connectivity index (χ0) is 23.6. The highest BCUT2D eigenvalue weighted by Crippen LogP contribution is 2.28. The van der Waals surface area contributed by atoms with Crippen molar-refractivity contribution in [2.24, 2.45) is 5.92 Å². The topological polar surface area (TPSA) is 102 Å². The molecule has 0 spiro atoms. The smallest absolute Gasteiger partial charge is 0.453 e. The Kier molecular flexibility index (Phi) is 6.16. The Balaban J connectivity index is 1.30. The minimum atomic E-state index is -4.67. The van der Waals surface area contributed by atoms with E-state index in [0.29, 0.717) is 42.0 Å². The van der Waals surface area contributed by atoms with E-state index in [0.717, 1.165) is 5.56 Å². The van der Waals surface area contributed by atoms with Gasteiger partial charge in [-0.1, -0.05) is 17.7 Å². The Morgan fingerprint density at radius 2 is 1.79 bits per heavy atom. The molecule has 12 heteroatoms. The molecular weight excluding hydrogens is 441 g/mol. The Labute approximate surface area is 186 Å². The van der Waals surface area contributed by atoms with Crippen LogP contribution in [0.4, 0.5) is 24.7 Å². The van der Waals surface area contributed by atoms with Gasteiger partial charge in [0.1, 0.15) is 5.82 Å². The van der Waals surface area contributed by atoms with Crippen LogP contribution in [0.1, 0.15) is 24.2 Å². The molecule has 3 heterocycles. The number of aryl methyl sites for hydroxylation is 1. The van der Waals surface area contributed by atoms with Crippen LogP contribution in [-0.4, -0.2) is 51.4 Å². The van der Waals surface area contributed by atoms with Gasteiger partial charge in [0, 0.05) is 18.8 Å². The van der Waals surface area contributed by atoms with Gasteiger partial charge >= 0.3 is 12.1 Å². The summed E-state index contributed by atoms with van der Waals surface area (Å²) in [7, 11) is 0. The number of carbonyl (C=O) groups excluding carboxylic acids is 2. The second kappa shape index (κ2) is 9.04. The van der Waals surface area contributed by atoms with Crippen molar-refractivity contribution < 1.29 is 27.5 Å². The van der Waals surface area contributed by atoms with E-state index in [4.69, 9.17) is 4.74 Å². The number of benzene rings is 1. The number of nitrogens with zero attached hydrogens (tertiary/aromatic N) is 5. The predicted octanol–water partition coefficient (Wildman–Crippen LogP) is 2.85. The van der Waals surface area contributed by atoms with Crippen molar-refractivity contribution in [3.8, 4) is 0 Å². The molecule has 1 aliphatic heterocycles. The summed E-state index contributed by atoms with van der Waals surface area (Å²) in [6, 6.07) is 10.2. The second-order valence-corrected chi connectivity index (χ2v) is 7.77. The number of hydrogen-bond donors (Lipinski definition) is 1. The quantitative estimate of drug-likeness (QED) is 0.582. The average molecular weight is 462 g/mol. The van der Waals surface area contributed by atoms with Gasteiger partial charge in [0.15, 0.2) is 12.3 Å². The third-order valence-electron chi connectivity index (χ3n) is 5.34. The number of fused-ring (bicyclic) bond motifs is 1. The molecule has 4 rings (SSSR count). The summed E-state index contributed by atoms with van der Waals surface area (Å²) in [5.41, 5.74) is 1.66. The highest BCUT2D eigenvalue weighted by atomic mass is 19.4. The number of aromatic nitrogens is 4. The lowest BCUT2D eigenvalue weighted by Crippen LogP contribution is -2.38. The third-order valence-corrected chi connectivity index (χ3v) is 5.34. The van der Waals surface area contributed by atoms with Crippen LogP contribution in [0.15, 0.2) is 36.4 Å². The average Bonchev–Trinajstić information content (AvgIpc) is 3.23. The van der Waals surface area contributed by atoms with Gasteiger partial charge in [-0.05, 0) is 44.0 Å². The first-order chi connectivity index (χ1) is 15.7. The fourth-order valence-electron chi connectivity index (χ4n) is 3.56. The maximum absolute atomic E-state index is 13.1. The third kappa shape index (κ3) is 5.21. The summed E-state index contributed by atoms with van der Waals surface area (Å²) in [6.07, 6.45) is -3.83. The van der Waals surface area contributed by atoms with Gasteiger partial charge < -0.3 is 15.0 Å². The number of nitrogens with one attached hydrogen (secondary N) is 1. The molecule has 1 aromatic carbocycles. The molecule has 0 unspecified atom stereocenters. The van der Waals surface area contributed by atoms with E-state index in [2.05, 4.69) is 20.6 Å². The van der Waals surface area contributed by atoms with Crippen LogP contribution in [0.5, 0.6) is 0 Å². The zero-order valence-corrected chi connectivity index (χ0v) is 17.7. The van der Waals surface area contributed by atoms with E-state index < -0.39 is 29.8 Å². The van der Waals surface area contributed by atoms with Gasteiger partial charge in [0.05, 0.1) is 5.92 Å². The molecule has 0 radical (unpaired) electrons. The maximum atomic E-state index is 13.1. The SMILES string of the molecule is Cc1ccc(NC(=O)COC(=O)C2CCN(c3ccc4nnc(C(F)(F)F)n4n3)CC2)cc1. The summed E-state index contributed by atoms with van der Waals surface area (Å²) < 4.78 is 45.0. The number of piperidine rings is 1. The molecule has 0 aliphatic carbocycles. The van der Waals surface area contributed by atoms with Crippen LogP contribution in [0.25, 0.3) is 5.65 Å². The first-order valence-electron chi connectivity index (χ1n) is 10.3. The minimum Gasteiger partial charge on any atom is -0.455 e. The monoisotopic (exact) mass is 462 g/mol. The van der Waals surface area contributed by atoms with Crippen LogP contribution in [0.3, 0.4) is 0 Å². The van der Waals surface area contributed by atoms with E-state index in [-0.39, 0.29) is 12.3 Å². The molecule has 3 aromatic rings. The largest absolute Gasteiger partial charge is 0.455 e. The fraction of sp³-hybridized carbons (Fsp3) is 0.381. The molecule has 33 heavy (non-hydrogen) atoms. The Morgan fingerprint density at radius 3 is 2.45 bits per heavy atom. The van der Waals surface area contributed by atoms with Crippen LogP contribution in [0, 0.1) is 12.8 Å². The number of rotatable bonds is 5. The zero-order valence-electron chi connectivity index (χ0n) is 17.7. The van der Waals surface area contributed by atoms with Gasteiger partial charge in [0.25, 0.3) is 11.7 Å². The summed E-state index contributed by atoms with van der Waals surface area (Å²) in [4.78, 5) is 26.1.